The highest BCUT2D eigenvalue weighted by Crippen LogP contribution is 2.54. The number of halogens is 1. The molecule has 1 aromatic heterocycles. The van der Waals surface area contributed by atoms with E-state index in [0.29, 0.717) is 11.5 Å². The van der Waals surface area contributed by atoms with Crippen LogP contribution < -0.4 is 20.7 Å². The standard InChI is InChI=1S/C42H56FN4O7P/c1-27(2)46(28(3)4)55(47(29(5)6)30(7)8)54-39-36(53-40(38(39)43)45-25-24-37(48)44-41(45)49)26-52-42(31-14-12-11-13-15-31,32-16-20-34(50-9)21-17-32)33-18-22-35(51-10)23-19-33/h11-25,27-30,36,38-40H,26H2,1-10H3,(H,44,48,49)/t36?,38-,39-,40-/m1/s1. The maximum atomic E-state index is 17.3. The number of nitrogens with one attached hydrogen (secondary N) is 1. The molecule has 0 radical (unpaired) electrons. The Labute approximate surface area is 325 Å². The molecule has 0 aliphatic carbocycles. The summed E-state index contributed by atoms with van der Waals surface area (Å²) in [6.07, 6.45) is -4.11. The fourth-order valence-corrected chi connectivity index (χ4v) is 9.91. The van der Waals surface area contributed by atoms with Gasteiger partial charge in [-0.3, -0.25) is 14.3 Å². The molecule has 4 aromatic rings. The van der Waals surface area contributed by atoms with Crippen LogP contribution in [0.1, 0.15) is 78.3 Å². The average molecular weight is 779 g/mol. The Balaban J connectivity index is 1.67. The van der Waals surface area contributed by atoms with E-state index in [9.17, 15) is 9.59 Å². The summed E-state index contributed by atoms with van der Waals surface area (Å²) in [6.45, 7) is 16.7. The van der Waals surface area contributed by atoms with Gasteiger partial charge in [-0.2, -0.15) is 0 Å². The Morgan fingerprint density at radius 3 is 1.65 bits per heavy atom. The van der Waals surface area contributed by atoms with Crippen molar-refractivity contribution in [3.05, 3.63) is 129 Å². The van der Waals surface area contributed by atoms with Crippen molar-refractivity contribution in [1.29, 1.82) is 0 Å². The molecule has 1 saturated heterocycles. The van der Waals surface area contributed by atoms with Crippen LogP contribution in [0.2, 0.25) is 0 Å². The third-order valence-electron chi connectivity index (χ3n) is 9.76. The fraction of sp³-hybridized carbons (Fsp3) is 0.476. The van der Waals surface area contributed by atoms with E-state index in [1.807, 2.05) is 78.9 Å². The highest BCUT2D eigenvalue weighted by molar-refractivity contribution is 7.47. The molecule has 0 spiro atoms. The van der Waals surface area contributed by atoms with Crippen molar-refractivity contribution in [2.45, 2.75) is 110 Å². The van der Waals surface area contributed by atoms with Crippen LogP contribution in [0.25, 0.3) is 0 Å². The van der Waals surface area contributed by atoms with Gasteiger partial charge in [-0.05, 0) is 96.3 Å². The molecular formula is C42H56FN4O7P. The van der Waals surface area contributed by atoms with E-state index in [0.717, 1.165) is 21.3 Å². The van der Waals surface area contributed by atoms with Crippen molar-refractivity contribution in [3.8, 4) is 11.5 Å². The molecule has 4 atom stereocenters. The molecule has 5 rings (SSSR count). The molecule has 0 amide bonds. The summed E-state index contributed by atoms with van der Waals surface area (Å²) < 4.78 is 54.8. The minimum absolute atomic E-state index is 0.0645. The number of H-pyrrole nitrogens is 1. The molecule has 0 bridgehead atoms. The van der Waals surface area contributed by atoms with Crippen LogP contribution >= 0.6 is 8.45 Å². The van der Waals surface area contributed by atoms with Crippen LogP contribution in [-0.2, 0) is 19.6 Å². The number of alkyl halides is 1. The summed E-state index contributed by atoms with van der Waals surface area (Å²) in [5, 5.41) is 0. The first kappa shape index (κ1) is 42.2. The van der Waals surface area contributed by atoms with Crippen molar-refractivity contribution < 1.29 is 27.9 Å². The van der Waals surface area contributed by atoms with Gasteiger partial charge < -0.3 is 23.5 Å². The monoisotopic (exact) mass is 778 g/mol. The first-order valence-electron chi connectivity index (χ1n) is 18.9. The Kier molecular flexibility index (Phi) is 14.1. The average Bonchev–Trinajstić information content (AvgIpc) is 3.45. The molecule has 298 valence electrons. The lowest BCUT2D eigenvalue weighted by molar-refractivity contribution is -0.0931. The van der Waals surface area contributed by atoms with Crippen LogP contribution in [0.15, 0.2) is 101 Å². The van der Waals surface area contributed by atoms with E-state index in [1.54, 1.807) is 14.2 Å². The van der Waals surface area contributed by atoms with Crippen LogP contribution in [0, 0.1) is 0 Å². The quantitative estimate of drug-likeness (QED) is 0.0855. The smallest absolute Gasteiger partial charge is 0.330 e. The van der Waals surface area contributed by atoms with Crippen molar-refractivity contribution in [2.24, 2.45) is 0 Å². The van der Waals surface area contributed by atoms with Gasteiger partial charge in [-0.15, -0.1) is 0 Å². The topological polar surface area (TPSA) is 107 Å². The molecule has 11 nitrogen and oxygen atoms in total. The zero-order chi connectivity index (χ0) is 40.0. The molecule has 0 saturated carbocycles. The van der Waals surface area contributed by atoms with Crippen molar-refractivity contribution in [3.63, 3.8) is 0 Å². The summed E-state index contributed by atoms with van der Waals surface area (Å²) in [4.78, 5) is 27.4. The lowest BCUT2D eigenvalue weighted by Gasteiger charge is -2.47. The van der Waals surface area contributed by atoms with Gasteiger partial charge in [0.1, 0.15) is 29.3 Å². The largest absolute Gasteiger partial charge is 0.497 e. The number of benzene rings is 3. The number of nitrogens with zero attached hydrogens (tertiary/aromatic N) is 3. The fourth-order valence-electron chi connectivity index (χ4n) is 7.41. The van der Waals surface area contributed by atoms with Crippen LogP contribution in [0.4, 0.5) is 4.39 Å². The Hall–Kier alpha value is -3.90. The number of ether oxygens (including phenoxy) is 4. The summed E-state index contributed by atoms with van der Waals surface area (Å²) in [7, 11) is 1.65. The van der Waals surface area contributed by atoms with Crippen molar-refractivity contribution >= 4 is 8.45 Å². The zero-order valence-electron chi connectivity index (χ0n) is 33.5. The summed E-state index contributed by atoms with van der Waals surface area (Å²) in [5.74, 6) is 1.35. The van der Waals surface area contributed by atoms with E-state index in [1.165, 1.54) is 12.3 Å². The van der Waals surface area contributed by atoms with Gasteiger partial charge in [-0.25, -0.2) is 18.5 Å². The van der Waals surface area contributed by atoms with Gasteiger partial charge >= 0.3 is 5.69 Å². The predicted octanol–water partition coefficient (Wildman–Crippen LogP) is 7.65. The van der Waals surface area contributed by atoms with Gasteiger partial charge in [0.25, 0.3) is 5.56 Å². The van der Waals surface area contributed by atoms with E-state index in [2.05, 4.69) is 69.7 Å². The number of hydrogen-bond donors (Lipinski definition) is 1. The lowest BCUT2D eigenvalue weighted by Crippen LogP contribution is -2.46. The van der Waals surface area contributed by atoms with Gasteiger partial charge in [0.05, 0.1) is 20.8 Å². The second-order valence-corrected chi connectivity index (χ2v) is 16.4. The normalized spacial score (nSPS) is 19.2. The highest BCUT2D eigenvalue weighted by atomic mass is 31.2. The maximum absolute atomic E-state index is 17.3. The van der Waals surface area contributed by atoms with E-state index in [4.69, 9.17) is 23.5 Å². The Bertz CT molecular complexity index is 1840. The van der Waals surface area contributed by atoms with E-state index in [-0.39, 0.29) is 30.8 Å². The maximum Gasteiger partial charge on any atom is 0.330 e. The number of hydrogen-bond acceptors (Lipinski definition) is 9. The molecule has 55 heavy (non-hydrogen) atoms. The van der Waals surface area contributed by atoms with Crippen molar-refractivity contribution in [2.75, 3.05) is 20.8 Å². The SMILES string of the molecule is COc1ccc(C(OCC2O[C@@H](n3ccc(=O)[nH]c3=O)[C@H](F)[C@@H]2OP(N(C(C)C)C(C)C)N(C(C)C)C(C)C)(c2ccccc2)c2ccc(OC)cc2)cc1. The zero-order valence-corrected chi connectivity index (χ0v) is 34.4. The predicted molar refractivity (Wildman–Crippen MR) is 214 cm³/mol. The van der Waals surface area contributed by atoms with E-state index >= 15 is 4.39 Å². The third kappa shape index (κ3) is 9.06. The first-order valence-corrected chi connectivity index (χ1v) is 20.0. The summed E-state index contributed by atoms with van der Waals surface area (Å²) in [5.41, 5.74) is -0.180. The number of rotatable bonds is 17. The van der Waals surface area contributed by atoms with Crippen molar-refractivity contribution in [1.82, 2.24) is 18.9 Å². The highest BCUT2D eigenvalue weighted by Gasteiger charge is 2.52. The van der Waals surface area contributed by atoms with Crippen LogP contribution in [0.3, 0.4) is 0 Å². The molecule has 1 N–H and O–H groups in total. The molecule has 1 unspecified atom stereocenters. The number of aromatic nitrogens is 2. The third-order valence-corrected chi connectivity index (χ3v) is 12.8. The van der Waals surface area contributed by atoms with Crippen LogP contribution in [-0.4, -0.2) is 82.3 Å². The number of aromatic amines is 1. The molecule has 1 aliphatic heterocycles. The first-order chi connectivity index (χ1) is 26.2. The van der Waals surface area contributed by atoms with Crippen LogP contribution in [0.5, 0.6) is 11.5 Å². The van der Waals surface area contributed by atoms with Gasteiger partial charge in [0.15, 0.2) is 20.8 Å². The summed E-state index contributed by atoms with van der Waals surface area (Å²) in [6, 6.07) is 26.5. The lowest BCUT2D eigenvalue weighted by atomic mass is 9.80. The molecular weight excluding hydrogens is 722 g/mol. The Morgan fingerprint density at radius 1 is 0.745 bits per heavy atom. The minimum Gasteiger partial charge on any atom is -0.497 e. The minimum atomic E-state index is -1.81. The molecule has 2 heterocycles. The Morgan fingerprint density at radius 2 is 1.22 bits per heavy atom. The van der Waals surface area contributed by atoms with Gasteiger partial charge in [0, 0.05) is 36.4 Å². The van der Waals surface area contributed by atoms with E-state index < -0.39 is 49.9 Å². The van der Waals surface area contributed by atoms with Gasteiger partial charge in [-0.1, -0.05) is 54.6 Å². The summed E-state index contributed by atoms with van der Waals surface area (Å²) >= 11 is 0. The molecule has 13 heteroatoms. The second-order valence-electron chi connectivity index (χ2n) is 14.8. The second kappa shape index (κ2) is 18.4. The number of methoxy groups -OCH3 is 2. The molecule has 1 fully saturated rings. The molecule has 1 aliphatic rings. The molecule has 3 aromatic carbocycles. The van der Waals surface area contributed by atoms with Gasteiger partial charge in [0.2, 0.25) is 0 Å².